The summed E-state index contributed by atoms with van der Waals surface area (Å²) in [5.74, 6) is -0.260. The van der Waals surface area contributed by atoms with E-state index in [1.165, 1.54) is 0 Å². The molecule has 0 heterocycles. The molecule has 0 aliphatic carbocycles. The molecule has 0 aromatic carbocycles. The average Bonchev–Trinajstić information content (AvgIpc) is 2.12. The minimum atomic E-state index is -0.707. The summed E-state index contributed by atoms with van der Waals surface area (Å²) in [6.07, 6.45) is 3.50. The Bertz CT molecular complexity index is 159. The lowest BCUT2D eigenvalue weighted by Crippen LogP contribution is -2.37. The van der Waals surface area contributed by atoms with E-state index in [0.717, 1.165) is 25.8 Å². The standard InChI is InChI=1S/C11H23NO2/c1-4-6-9(3)10(8-11(13)14)12-7-5-2/h9-10,12H,4-8H2,1-3H3,(H,13,14). The normalized spacial score (nSPS) is 15.1. The quantitative estimate of drug-likeness (QED) is 0.633. The van der Waals surface area contributed by atoms with Gasteiger partial charge in [0, 0.05) is 6.04 Å². The van der Waals surface area contributed by atoms with E-state index in [2.05, 4.69) is 26.1 Å². The predicted molar refractivity (Wildman–Crippen MR) is 58.4 cm³/mol. The van der Waals surface area contributed by atoms with Crippen LogP contribution in [0.4, 0.5) is 0 Å². The van der Waals surface area contributed by atoms with Crippen molar-refractivity contribution in [2.45, 2.75) is 52.5 Å². The van der Waals surface area contributed by atoms with E-state index in [1.807, 2.05) is 0 Å². The summed E-state index contributed by atoms with van der Waals surface area (Å²) >= 11 is 0. The van der Waals surface area contributed by atoms with Gasteiger partial charge in [0.1, 0.15) is 0 Å². The van der Waals surface area contributed by atoms with Crippen molar-refractivity contribution in [2.75, 3.05) is 6.54 Å². The van der Waals surface area contributed by atoms with Gasteiger partial charge in [0.15, 0.2) is 0 Å². The van der Waals surface area contributed by atoms with E-state index in [-0.39, 0.29) is 12.5 Å². The number of aliphatic carboxylic acids is 1. The molecular weight excluding hydrogens is 178 g/mol. The van der Waals surface area contributed by atoms with Crippen LogP contribution in [-0.4, -0.2) is 23.7 Å². The van der Waals surface area contributed by atoms with Gasteiger partial charge in [-0.25, -0.2) is 0 Å². The summed E-state index contributed by atoms with van der Waals surface area (Å²) in [5.41, 5.74) is 0. The van der Waals surface area contributed by atoms with Crippen LogP contribution in [0.5, 0.6) is 0 Å². The van der Waals surface area contributed by atoms with Crippen LogP contribution in [0, 0.1) is 5.92 Å². The topological polar surface area (TPSA) is 49.3 Å². The second kappa shape index (κ2) is 7.80. The van der Waals surface area contributed by atoms with Gasteiger partial charge in [0.2, 0.25) is 0 Å². The maximum Gasteiger partial charge on any atom is 0.304 e. The van der Waals surface area contributed by atoms with E-state index in [1.54, 1.807) is 0 Å². The molecule has 2 atom stereocenters. The third-order valence-electron chi connectivity index (χ3n) is 2.48. The van der Waals surface area contributed by atoms with Crippen molar-refractivity contribution in [3.8, 4) is 0 Å². The summed E-state index contributed by atoms with van der Waals surface area (Å²) < 4.78 is 0. The summed E-state index contributed by atoms with van der Waals surface area (Å²) in [6, 6.07) is 0.132. The van der Waals surface area contributed by atoms with Crippen LogP contribution in [0.1, 0.15) is 46.5 Å². The Morgan fingerprint density at radius 1 is 1.36 bits per heavy atom. The van der Waals surface area contributed by atoms with Crippen LogP contribution in [0.3, 0.4) is 0 Å². The Morgan fingerprint density at radius 3 is 2.43 bits per heavy atom. The van der Waals surface area contributed by atoms with E-state index in [9.17, 15) is 4.79 Å². The van der Waals surface area contributed by atoms with Gasteiger partial charge in [-0.2, -0.15) is 0 Å². The maximum absolute atomic E-state index is 10.6. The van der Waals surface area contributed by atoms with E-state index >= 15 is 0 Å². The first-order valence-electron chi connectivity index (χ1n) is 5.56. The van der Waals surface area contributed by atoms with Gasteiger partial charge in [-0.15, -0.1) is 0 Å². The van der Waals surface area contributed by atoms with Gasteiger partial charge in [-0.1, -0.05) is 27.2 Å². The van der Waals surface area contributed by atoms with Crippen molar-refractivity contribution in [1.29, 1.82) is 0 Å². The number of carboxylic acid groups (broad SMARTS) is 1. The highest BCUT2D eigenvalue weighted by molar-refractivity contribution is 5.67. The molecule has 0 amide bonds. The summed E-state index contributed by atoms with van der Waals surface area (Å²) in [7, 11) is 0. The smallest absolute Gasteiger partial charge is 0.304 e. The Hall–Kier alpha value is -0.570. The summed E-state index contributed by atoms with van der Waals surface area (Å²) in [5, 5.41) is 12.1. The fraction of sp³-hybridized carbons (Fsp3) is 0.909. The monoisotopic (exact) mass is 201 g/mol. The molecule has 2 unspecified atom stereocenters. The maximum atomic E-state index is 10.6. The molecule has 0 saturated heterocycles. The minimum absolute atomic E-state index is 0.132. The molecule has 3 heteroatoms. The van der Waals surface area contributed by atoms with E-state index in [0.29, 0.717) is 5.92 Å². The first-order chi connectivity index (χ1) is 6.61. The lowest BCUT2D eigenvalue weighted by atomic mass is 9.94. The molecule has 0 bridgehead atoms. The number of hydrogen-bond donors (Lipinski definition) is 2. The highest BCUT2D eigenvalue weighted by atomic mass is 16.4. The zero-order valence-electron chi connectivity index (χ0n) is 9.55. The second-order valence-electron chi connectivity index (χ2n) is 3.92. The number of carbonyl (C=O) groups is 1. The van der Waals surface area contributed by atoms with Crippen LogP contribution in [0.15, 0.2) is 0 Å². The van der Waals surface area contributed by atoms with Crippen molar-refractivity contribution in [3.63, 3.8) is 0 Å². The Kier molecular flexibility index (Phi) is 7.48. The number of carboxylic acids is 1. The van der Waals surface area contributed by atoms with Gasteiger partial charge in [-0.05, 0) is 25.3 Å². The van der Waals surface area contributed by atoms with Crippen LogP contribution < -0.4 is 5.32 Å². The molecule has 3 nitrogen and oxygen atoms in total. The number of nitrogens with one attached hydrogen (secondary N) is 1. The molecule has 0 fully saturated rings. The van der Waals surface area contributed by atoms with Crippen molar-refractivity contribution in [2.24, 2.45) is 5.92 Å². The molecule has 84 valence electrons. The number of hydrogen-bond acceptors (Lipinski definition) is 2. The van der Waals surface area contributed by atoms with Gasteiger partial charge >= 0.3 is 5.97 Å². The molecular formula is C11H23NO2. The predicted octanol–water partition coefficient (Wildman–Crippen LogP) is 2.27. The molecule has 0 radical (unpaired) electrons. The minimum Gasteiger partial charge on any atom is -0.481 e. The Balaban J connectivity index is 4.00. The molecule has 0 aromatic rings. The third-order valence-corrected chi connectivity index (χ3v) is 2.48. The van der Waals surface area contributed by atoms with Crippen LogP contribution in [0.2, 0.25) is 0 Å². The Labute approximate surface area is 86.9 Å². The van der Waals surface area contributed by atoms with Crippen molar-refractivity contribution < 1.29 is 9.90 Å². The fourth-order valence-corrected chi connectivity index (χ4v) is 1.65. The van der Waals surface area contributed by atoms with Crippen molar-refractivity contribution in [3.05, 3.63) is 0 Å². The molecule has 0 spiro atoms. The zero-order valence-corrected chi connectivity index (χ0v) is 9.55. The Morgan fingerprint density at radius 2 is 2.00 bits per heavy atom. The third kappa shape index (κ3) is 5.97. The zero-order chi connectivity index (χ0) is 11.0. The highest BCUT2D eigenvalue weighted by Gasteiger charge is 2.18. The number of rotatable bonds is 8. The molecule has 2 N–H and O–H groups in total. The highest BCUT2D eigenvalue weighted by Crippen LogP contribution is 2.13. The van der Waals surface area contributed by atoms with Gasteiger partial charge in [0.05, 0.1) is 6.42 Å². The van der Waals surface area contributed by atoms with Crippen molar-refractivity contribution in [1.82, 2.24) is 5.32 Å². The lowest BCUT2D eigenvalue weighted by Gasteiger charge is -2.23. The fourth-order valence-electron chi connectivity index (χ4n) is 1.65. The average molecular weight is 201 g/mol. The van der Waals surface area contributed by atoms with Crippen LogP contribution in [-0.2, 0) is 4.79 Å². The van der Waals surface area contributed by atoms with E-state index < -0.39 is 5.97 Å². The van der Waals surface area contributed by atoms with Crippen molar-refractivity contribution >= 4 is 5.97 Å². The van der Waals surface area contributed by atoms with Crippen LogP contribution >= 0.6 is 0 Å². The molecule has 14 heavy (non-hydrogen) atoms. The van der Waals surface area contributed by atoms with Crippen LogP contribution in [0.25, 0.3) is 0 Å². The first-order valence-corrected chi connectivity index (χ1v) is 5.56. The molecule has 0 aromatic heterocycles. The lowest BCUT2D eigenvalue weighted by molar-refractivity contribution is -0.137. The second-order valence-corrected chi connectivity index (χ2v) is 3.92. The van der Waals surface area contributed by atoms with Gasteiger partial charge in [0.25, 0.3) is 0 Å². The van der Waals surface area contributed by atoms with E-state index in [4.69, 9.17) is 5.11 Å². The molecule has 0 rings (SSSR count). The molecule has 0 aliphatic rings. The SMILES string of the molecule is CCCNC(CC(=O)O)C(C)CCC. The first kappa shape index (κ1) is 13.4. The van der Waals surface area contributed by atoms with Gasteiger partial charge in [-0.3, -0.25) is 4.79 Å². The largest absolute Gasteiger partial charge is 0.481 e. The van der Waals surface area contributed by atoms with Gasteiger partial charge < -0.3 is 10.4 Å². The summed E-state index contributed by atoms with van der Waals surface area (Å²) in [4.78, 5) is 10.6. The molecule has 0 aliphatic heterocycles. The summed E-state index contributed by atoms with van der Waals surface area (Å²) in [6.45, 7) is 7.26. The molecule has 0 saturated carbocycles.